The van der Waals surface area contributed by atoms with Gasteiger partial charge in [-0.25, -0.2) is 0 Å². The van der Waals surface area contributed by atoms with Crippen molar-refractivity contribution in [1.29, 1.82) is 0 Å². The van der Waals surface area contributed by atoms with E-state index in [-0.39, 0.29) is 6.10 Å². The predicted molar refractivity (Wildman–Crippen MR) is 83.6 cm³/mol. The Bertz CT molecular complexity index is 603. The minimum Gasteiger partial charge on any atom is -0.388 e. The number of aromatic nitrogens is 1. The summed E-state index contributed by atoms with van der Waals surface area (Å²) >= 11 is 3.46. The van der Waals surface area contributed by atoms with Crippen molar-refractivity contribution in [2.75, 3.05) is 11.4 Å². The summed E-state index contributed by atoms with van der Waals surface area (Å²) in [6.07, 6.45) is 5.16. The zero-order valence-electron chi connectivity index (χ0n) is 11.2. The molecule has 0 saturated carbocycles. The van der Waals surface area contributed by atoms with Gasteiger partial charge in [0.25, 0.3) is 0 Å². The van der Waals surface area contributed by atoms with E-state index in [2.05, 4.69) is 37.9 Å². The number of para-hydroxylation sites is 1. The number of nitrogens with zero attached hydrogens (tertiary/aromatic N) is 2. The summed E-state index contributed by atoms with van der Waals surface area (Å²) < 4.78 is 0.998. The first-order valence-electron chi connectivity index (χ1n) is 6.85. The molecule has 104 valence electrons. The number of rotatable bonds is 2. The normalized spacial score (nSPS) is 18.5. The highest BCUT2D eigenvalue weighted by Crippen LogP contribution is 2.33. The van der Waals surface area contributed by atoms with E-state index in [0.717, 1.165) is 41.7 Å². The Morgan fingerprint density at radius 2 is 2.15 bits per heavy atom. The van der Waals surface area contributed by atoms with Crippen LogP contribution in [0.4, 0.5) is 5.69 Å². The molecule has 1 unspecified atom stereocenters. The van der Waals surface area contributed by atoms with Crippen molar-refractivity contribution in [3.8, 4) is 0 Å². The molecule has 0 spiro atoms. The fraction of sp³-hybridized carbons (Fsp3) is 0.312. The summed E-state index contributed by atoms with van der Waals surface area (Å²) in [5.41, 5.74) is 3.34. The highest BCUT2D eigenvalue weighted by Gasteiger charge is 2.20. The summed E-state index contributed by atoms with van der Waals surface area (Å²) in [5.74, 6) is 0. The molecule has 2 heterocycles. The minimum absolute atomic E-state index is 0.350. The van der Waals surface area contributed by atoms with Gasteiger partial charge in [-0.2, -0.15) is 0 Å². The maximum atomic E-state index is 10.2. The molecule has 4 heteroatoms. The average Bonchev–Trinajstić information content (AvgIpc) is 2.60. The monoisotopic (exact) mass is 332 g/mol. The van der Waals surface area contributed by atoms with Gasteiger partial charge in [0.2, 0.25) is 0 Å². The summed E-state index contributed by atoms with van der Waals surface area (Å²) in [6.45, 7) is 1.77. The Hall–Kier alpha value is -1.39. The van der Waals surface area contributed by atoms with Gasteiger partial charge in [0.05, 0.1) is 6.10 Å². The number of benzene rings is 1. The van der Waals surface area contributed by atoms with Crippen LogP contribution in [-0.2, 0) is 6.54 Å². The number of fused-ring (bicyclic) bond motifs is 1. The topological polar surface area (TPSA) is 36.4 Å². The number of aliphatic hydroxyl groups is 1. The lowest BCUT2D eigenvalue weighted by molar-refractivity contribution is 0.168. The zero-order valence-corrected chi connectivity index (χ0v) is 12.8. The fourth-order valence-electron chi connectivity index (χ4n) is 2.74. The van der Waals surface area contributed by atoms with Crippen molar-refractivity contribution in [2.45, 2.75) is 25.5 Å². The van der Waals surface area contributed by atoms with E-state index in [9.17, 15) is 5.11 Å². The SMILES string of the molecule is OC1CCCN(Cc2cncc(Br)c2)c2ccccc21. The summed E-state index contributed by atoms with van der Waals surface area (Å²) in [5, 5.41) is 10.2. The van der Waals surface area contributed by atoms with Gasteiger partial charge >= 0.3 is 0 Å². The number of aliphatic hydroxyl groups excluding tert-OH is 1. The molecular formula is C16H17BrN2O. The molecule has 0 aliphatic carbocycles. The van der Waals surface area contributed by atoms with E-state index in [4.69, 9.17) is 0 Å². The van der Waals surface area contributed by atoms with Crippen molar-refractivity contribution in [3.05, 3.63) is 58.3 Å². The van der Waals surface area contributed by atoms with Crippen molar-refractivity contribution >= 4 is 21.6 Å². The van der Waals surface area contributed by atoms with Gasteiger partial charge < -0.3 is 10.0 Å². The third-order valence-corrected chi connectivity index (χ3v) is 4.11. The number of halogens is 1. The molecule has 1 aliphatic heterocycles. The summed E-state index contributed by atoms with van der Waals surface area (Å²) in [4.78, 5) is 6.55. The molecule has 1 aliphatic rings. The van der Waals surface area contributed by atoms with Gasteiger partial charge in [-0.1, -0.05) is 18.2 Å². The maximum absolute atomic E-state index is 10.2. The van der Waals surface area contributed by atoms with Crippen LogP contribution in [0, 0.1) is 0 Å². The van der Waals surface area contributed by atoms with Crippen molar-refractivity contribution < 1.29 is 5.11 Å². The first-order chi connectivity index (χ1) is 9.74. The van der Waals surface area contributed by atoms with Crippen LogP contribution in [0.1, 0.15) is 30.1 Å². The van der Waals surface area contributed by atoms with Gasteiger partial charge in [0, 0.05) is 41.2 Å². The standard InChI is InChI=1S/C16H17BrN2O/c17-13-8-12(9-18-10-13)11-19-7-3-6-16(20)14-4-1-2-5-15(14)19/h1-2,4-5,8-10,16,20H,3,6-7,11H2. The fourth-order valence-corrected chi connectivity index (χ4v) is 3.15. The Kier molecular flexibility index (Phi) is 4.03. The smallest absolute Gasteiger partial charge is 0.0810 e. The van der Waals surface area contributed by atoms with Crippen LogP contribution in [0.15, 0.2) is 47.2 Å². The Balaban J connectivity index is 1.91. The molecule has 0 radical (unpaired) electrons. The largest absolute Gasteiger partial charge is 0.388 e. The highest BCUT2D eigenvalue weighted by molar-refractivity contribution is 9.10. The van der Waals surface area contributed by atoms with Crippen LogP contribution in [0.5, 0.6) is 0 Å². The minimum atomic E-state index is -0.350. The molecule has 1 N–H and O–H groups in total. The molecule has 0 bridgehead atoms. The number of hydrogen-bond donors (Lipinski definition) is 1. The van der Waals surface area contributed by atoms with Crippen molar-refractivity contribution in [2.24, 2.45) is 0 Å². The molecule has 2 aromatic rings. The zero-order chi connectivity index (χ0) is 13.9. The summed E-state index contributed by atoms with van der Waals surface area (Å²) in [6, 6.07) is 10.2. The van der Waals surface area contributed by atoms with Crippen LogP contribution < -0.4 is 4.90 Å². The molecule has 1 aromatic carbocycles. The average molecular weight is 333 g/mol. The molecule has 3 nitrogen and oxygen atoms in total. The third kappa shape index (κ3) is 2.86. The van der Waals surface area contributed by atoms with E-state index < -0.39 is 0 Å². The molecule has 0 amide bonds. The molecular weight excluding hydrogens is 316 g/mol. The van der Waals surface area contributed by atoms with Gasteiger partial charge in [-0.15, -0.1) is 0 Å². The Labute approximate surface area is 127 Å². The van der Waals surface area contributed by atoms with Gasteiger partial charge in [0.15, 0.2) is 0 Å². The van der Waals surface area contributed by atoms with Crippen LogP contribution in [0.2, 0.25) is 0 Å². The predicted octanol–water partition coefficient (Wildman–Crippen LogP) is 3.68. The van der Waals surface area contributed by atoms with Gasteiger partial charge in [0.1, 0.15) is 0 Å². The van der Waals surface area contributed by atoms with Gasteiger partial charge in [-0.05, 0) is 46.5 Å². The van der Waals surface area contributed by atoms with Crippen LogP contribution in [-0.4, -0.2) is 16.6 Å². The molecule has 3 rings (SSSR count). The highest BCUT2D eigenvalue weighted by atomic mass is 79.9. The summed E-state index contributed by atoms with van der Waals surface area (Å²) in [7, 11) is 0. The maximum Gasteiger partial charge on any atom is 0.0810 e. The van der Waals surface area contributed by atoms with Crippen molar-refractivity contribution in [3.63, 3.8) is 0 Å². The third-order valence-electron chi connectivity index (χ3n) is 3.68. The van der Waals surface area contributed by atoms with E-state index in [1.54, 1.807) is 6.20 Å². The van der Waals surface area contributed by atoms with Crippen molar-refractivity contribution in [1.82, 2.24) is 4.98 Å². The van der Waals surface area contributed by atoms with E-state index in [1.807, 2.05) is 24.4 Å². The lowest BCUT2D eigenvalue weighted by atomic mass is 10.0. The Morgan fingerprint density at radius 1 is 1.30 bits per heavy atom. The quantitative estimate of drug-likeness (QED) is 0.911. The second-order valence-electron chi connectivity index (χ2n) is 5.15. The molecule has 1 aromatic heterocycles. The molecule has 1 atom stereocenters. The number of pyridine rings is 1. The lowest BCUT2D eigenvalue weighted by Gasteiger charge is -2.25. The molecule has 0 fully saturated rings. The van der Waals surface area contributed by atoms with E-state index >= 15 is 0 Å². The Morgan fingerprint density at radius 3 is 3.00 bits per heavy atom. The van der Waals surface area contributed by atoms with Crippen LogP contribution >= 0.6 is 15.9 Å². The number of hydrogen-bond acceptors (Lipinski definition) is 3. The van der Waals surface area contributed by atoms with Crippen LogP contribution in [0.3, 0.4) is 0 Å². The second-order valence-corrected chi connectivity index (χ2v) is 6.07. The van der Waals surface area contributed by atoms with E-state index in [0.29, 0.717) is 0 Å². The number of anilines is 1. The molecule has 0 saturated heterocycles. The first kappa shape index (κ1) is 13.6. The lowest BCUT2D eigenvalue weighted by Crippen LogP contribution is -2.23. The first-order valence-corrected chi connectivity index (χ1v) is 7.65. The van der Waals surface area contributed by atoms with E-state index in [1.165, 1.54) is 5.56 Å². The van der Waals surface area contributed by atoms with Gasteiger partial charge in [-0.3, -0.25) is 4.98 Å². The van der Waals surface area contributed by atoms with Crippen LogP contribution in [0.25, 0.3) is 0 Å². The second kappa shape index (κ2) is 5.94. The molecule has 20 heavy (non-hydrogen) atoms.